The Balaban J connectivity index is 2.11. The van der Waals surface area contributed by atoms with Crippen LogP contribution in [0.2, 0.25) is 0 Å². The number of amides is 2. The van der Waals surface area contributed by atoms with Crippen LogP contribution in [0.25, 0.3) is 0 Å². The molecule has 2 aliphatic heterocycles. The lowest BCUT2D eigenvalue weighted by Crippen LogP contribution is -2.53. The van der Waals surface area contributed by atoms with Crippen LogP contribution in [0.3, 0.4) is 0 Å². The van der Waals surface area contributed by atoms with Crippen LogP contribution in [0.15, 0.2) is 5.10 Å². The predicted molar refractivity (Wildman–Crippen MR) is 66.0 cm³/mol. The monoisotopic (exact) mass is 253 g/mol. The number of ether oxygens (including phenoxy) is 1. The van der Waals surface area contributed by atoms with Gasteiger partial charge in [0.1, 0.15) is 5.71 Å². The van der Waals surface area contributed by atoms with Gasteiger partial charge in [0.15, 0.2) is 0 Å². The van der Waals surface area contributed by atoms with E-state index in [2.05, 4.69) is 5.10 Å². The van der Waals surface area contributed by atoms with E-state index in [9.17, 15) is 9.59 Å². The number of carbonyl (C=O) groups excluding carboxylic acids is 2. The van der Waals surface area contributed by atoms with E-state index in [0.717, 1.165) is 0 Å². The summed E-state index contributed by atoms with van der Waals surface area (Å²) in [7, 11) is 1.58. The zero-order valence-corrected chi connectivity index (χ0v) is 11.0. The number of morpholine rings is 1. The summed E-state index contributed by atoms with van der Waals surface area (Å²) in [6.45, 7) is 5.04. The molecule has 0 unspecified atom stereocenters. The molecule has 0 aromatic heterocycles. The molecule has 0 aromatic carbocycles. The first-order chi connectivity index (χ1) is 8.49. The van der Waals surface area contributed by atoms with Gasteiger partial charge in [0.25, 0.3) is 5.91 Å². The minimum atomic E-state index is -0.0722. The third-order valence-corrected chi connectivity index (χ3v) is 3.32. The fourth-order valence-corrected chi connectivity index (χ4v) is 2.18. The largest absolute Gasteiger partial charge is 0.375 e. The van der Waals surface area contributed by atoms with Gasteiger partial charge in [-0.05, 0) is 13.8 Å². The van der Waals surface area contributed by atoms with E-state index >= 15 is 0 Å². The second-order valence-electron chi connectivity index (χ2n) is 4.91. The van der Waals surface area contributed by atoms with Crippen molar-refractivity contribution >= 4 is 17.5 Å². The van der Waals surface area contributed by atoms with E-state index in [1.165, 1.54) is 5.01 Å². The van der Waals surface area contributed by atoms with Gasteiger partial charge in [-0.3, -0.25) is 9.59 Å². The van der Waals surface area contributed by atoms with Gasteiger partial charge >= 0.3 is 0 Å². The number of hydrazone groups is 1. The molecule has 0 aliphatic carbocycles. The van der Waals surface area contributed by atoms with Crippen LogP contribution in [-0.2, 0) is 14.3 Å². The minimum Gasteiger partial charge on any atom is -0.375 e. The molecule has 0 aromatic rings. The molecule has 0 bridgehead atoms. The maximum Gasteiger partial charge on any atom is 0.270 e. The third kappa shape index (κ3) is 2.53. The van der Waals surface area contributed by atoms with Crippen molar-refractivity contribution in [2.45, 2.75) is 38.8 Å². The normalized spacial score (nSPS) is 29.3. The van der Waals surface area contributed by atoms with Crippen molar-refractivity contribution in [3.63, 3.8) is 0 Å². The van der Waals surface area contributed by atoms with Gasteiger partial charge in [-0.25, -0.2) is 5.01 Å². The predicted octanol–water partition coefficient (Wildman–Crippen LogP) is 0.230. The summed E-state index contributed by atoms with van der Waals surface area (Å²) < 4.78 is 5.50. The van der Waals surface area contributed by atoms with Crippen LogP contribution in [0.5, 0.6) is 0 Å². The molecule has 6 nitrogen and oxygen atoms in total. The number of carbonyl (C=O) groups is 2. The molecule has 1 fully saturated rings. The number of rotatable bonds is 1. The molecule has 0 N–H and O–H groups in total. The van der Waals surface area contributed by atoms with Crippen molar-refractivity contribution in [3.05, 3.63) is 0 Å². The lowest BCUT2D eigenvalue weighted by atomic mass is 10.1. The topological polar surface area (TPSA) is 62.2 Å². The molecule has 2 aliphatic rings. The summed E-state index contributed by atoms with van der Waals surface area (Å²) in [6.07, 6.45) is 0.837. The maximum absolute atomic E-state index is 12.4. The van der Waals surface area contributed by atoms with E-state index in [-0.39, 0.29) is 24.0 Å². The number of hydrogen-bond acceptors (Lipinski definition) is 4. The lowest BCUT2D eigenvalue weighted by Gasteiger charge is -2.37. The van der Waals surface area contributed by atoms with Crippen LogP contribution in [0.4, 0.5) is 0 Å². The highest BCUT2D eigenvalue weighted by Crippen LogP contribution is 2.15. The maximum atomic E-state index is 12.4. The first-order valence-electron chi connectivity index (χ1n) is 6.25. The number of hydrogen-bond donors (Lipinski definition) is 0. The smallest absolute Gasteiger partial charge is 0.270 e. The van der Waals surface area contributed by atoms with Crippen LogP contribution >= 0.6 is 0 Å². The molecule has 2 rings (SSSR count). The van der Waals surface area contributed by atoms with Gasteiger partial charge < -0.3 is 9.64 Å². The molecule has 2 amide bonds. The molecule has 1 saturated heterocycles. The quantitative estimate of drug-likeness (QED) is 0.672. The van der Waals surface area contributed by atoms with Crippen molar-refractivity contribution < 1.29 is 14.3 Å². The summed E-state index contributed by atoms with van der Waals surface area (Å²) in [4.78, 5) is 25.5. The van der Waals surface area contributed by atoms with Gasteiger partial charge in [-0.1, -0.05) is 0 Å². The molecule has 100 valence electrons. The Labute approximate surface area is 107 Å². The Bertz CT molecular complexity index is 394. The van der Waals surface area contributed by atoms with Crippen molar-refractivity contribution in [2.75, 3.05) is 20.2 Å². The fourth-order valence-electron chi connectivity index (χ4n) is 2.18. The lowest BCUT2D eigenvalue weighted by molar-refractivity contribution is -0.136. The van der Waals surface area contributed by atoms with E-state index in [1.807, 2.05) is 13.8 Å². The number of nitrogens with zero attached hydrogens (tertiary/aromatic N) is 3. The van der Waals surface area contributed by atoms with E-state index in [1.54, 1.807) is 11.9 Å². The first kappa shape index (κ1) is 13.0. The Morgan fingerprint density at radius 1 is 1.39 bits per heavy atom. The molecular formula is C12H19N3O3. The van der Waals surface area contributed by atoms with Crippen LogP contribution < -0.4 is 0 Å². The van der Waals surface area contributed by atoms with E-state index in [4.69, 9.17) is 4.74 Å². The van der Waals surface area contributed by atoms with Crippen molar-refractivity contribution in [1.29, 1.82) is 0 Å². The molecule has 2 atom stereocenters. The van der Waals surface area contributed by atoms with Gasteiger partial charge in [0, 0.05) is 26.4 Å². The van der Waals surface area contributed by atoms with Crippen molar-refractivity contribution in [3.8, 4) is 0 Å². The molecule has 6 heteroatoms. The molecule has 0 radical (unpaired) electrons. The molecular weight excluding hydrogens is 234 g/mol. The first-order valence-corrected chi connectivity index (χ1v) is 6.25. The highest BCUT2D eigenvalue weighted by atomic mass is 16.5. The SMILES string of the molecule is C[C@@H]1CN(C(=O)C2=NN(C)C(=O)CC2)[C@@H](C)CO1. The molecule has 0 saturated carbocycles. The van der Waals surface area contributed by atoms with Crippen molar-refractivity contribution in [1.82, 2.24) is 9.91 Å². The van der Waals surface area contributed by atoms with Gasteiger partial charge in [-0.2, -0.15) is 5.10 Å². The Hall–Kier alpha value is -1.43. The minimum absolute atomic E-state index is 0.0463. The van der Waals surface area contributed by atoms with Crippen molar-refractivity contribution in [2.24, 2.45) is 5.10 Å². The average Bonchev–Trinajstić information content (AvgIpc) is 2.35. The summed E-state index contributed by atoms with van der Waals surface area (Å²) in [5, 5.41) is 5.32. The van der Waals surface area contributed by atoms with Crippen LogP contribution in [-0.4, -0.2) is 59.8 Å². The van der Waals surface area contributed by atoms with Gasteiger partial charge in [-0.15, -0.1) is 0 Å². The standard InChI is InChI=1S/C12H19N3O3/c1-8-7-18-9(2)6-15(8)12(17)10-4-5-11(16)14(3)13-10/h8-9H,4-7H2,1-3H3/t8-,9+/m0/s1. The molecule has 18 heavy (non-hydrogen) atoms. The average molecular weight is 253 g/mol. The highest BCUT2D eigenvalue weighted by molar-refractivity contribution is 6.39. The van der Waals surface area contributed by atoms with E-state index < -0.39 is 0 Å². The summed E-state index contributed by atoms with van der Waals surface area (Å²) >= 11 is 0. The zero-order chi connectivity index (χ0) is 13.3. The van der Waals surface area contributed by atoms with E-state index in [0.29, 0.717) is 31.7 Å². The van der Waals surface area contributed by atoms with Crippen LogP contribution in [0, 0.1) is 0 Å². The Morgan fingerprint density at radius 3 is 2.78 bits per heavy atom. The van der Waals surface area contributed by atoms with Gasteiger partial charge in [0.05, 0.1) is 18.8 Å². The third-order valence-electron chi connectivity index (χ3n) is 3.32. The zero-order valence-electron chi connectivity index (χ0n) is 11.0. The van der Waals surface area contributed by atoms with Gasteiger partial charge in [0.2, 0.25) is 5.91 Å². The summed E-state index contributed by atoms with van der Waals surface area (Å²) in [6, 6.07) is 0.0549. The summed E-state index contributed by atoms with van der Waals surface area (Å²) in [5.41, 5.74) is 0.470. The second kappa shape index (κ2) is 5.06. The Morgan fingerprint density at radius 2 is 2.11 bits per heavy atom. The Kier molecular flexibility index (Phi) is 3.65. The molecule has 0 spiro atoms. The highest BCUT2D eigenvalue weighted by Gasteiger charge is 2.32. The fraction of sp³-hybridized carbons (Fsp3) is 0.750. The molecule has 2 heterocycles. The summed E-state index contributed by atoms with van der Waals surface area (Å²) in [5.74, 6) is -0.119. The second-order valence-corrected chi connectivity index (χ2v) is 4.91. The van der Waals surface area contributed by atoms with Crippen LogP contribution in [0.1, 0.15) is 26.7 Å².